The molecule has 0 aliphatic heterocycles. The molecule has 0 aliphatic rings. The number of carbonyl (C=O) groups is 1. The van der Waals surface area contributed by atoms with Crippen LogP contribution in [-0.2, 0) is 9.53 Å². The lowest BCUT2D eigenvalue weighted by atomic mass is 10.0. The summed E-state index contributed by atoms with van der Waals surface area (Å²) in [7, 11) is 1.38. The zero-order valence-corrected chi connectivity index (χ0v) is 9.67. The van der Waals surface area contributed by atoms with Crippen LogP contribution in [-0.4, -0.2) is 22.7 Å². The number of fused-ring (bicyclic) bond motifs is 1. The standard InChI is InChI=1S/C12H15N3O2/c1-17-12(16)6-5-10(13)9-8-14-15-7-3-2-4-11(9)15/h2-4,7-8,10H,5-6,13H2,1H3. The van der Waals surface area contributed by atoms with Crippen molar-refractivity contribution in [2.45, 2.75) is 18.9 Å². The summed E-state index contributed by atoms with van der Waals surface area (Å²) < 4.78 is 6.36. The van der Waals surface area contributed by atoms with Crippen molar-refractivity contribution in [2.75, 3.05) is 7.11 Å². The predicted molar refractivity (Wildman–Crippen MR) is 63.4 cm³/mol. The first kappa shape index (κ1) is 11.6. The van der Waals surface area contributed by atoms with Gasteiger partial charge in [-0.15, -0.1) is 0 Å². The van der Waals surface area contributed by atoms with Crippen molar-refractivity contribution >= 4 is 11.5 Å². The van der Waals surface area contributed by atoms with Crippen LogP contribution in [0, 0.1) is 0 Å². The van der Waals surface area contributed by atoms with Gasteiger partial charge in [-0.2, -0.15) is 5.10 Å². The maximum atomic E-state index is 11.1. The van der Waals surface area contributed by atoms with Gasteiger partial charge in [0.05, 0.1) is 18.8 Å². The van der Waals surface area contributed by atoms with Crippen molar-refractivity contribution in [1.82, 2.24) is 9.61 Å². The number of esters is 1. The molecule has 0 bridgehead atoms. The Bertz CT molecular complexity index is 521. The van der Waals surface area contributed by atoms with Gasteiger partial charge in [0.25, 0.3) is 0 Å². The Labute approximate surface area is 99.2 Å². The Morgan fingerprint density at radius 1 is 1.59 bits per heavy atom. The minimum Gasteiger partial charge on any atom is -0.469 e. The van der Waals surface area contributed by atoms with Gasteiger partial charge in [0.15, 0.2) is 0 Å². The van der Waals surface area contributed by atoms with E-state index < -0.39 is 0 Å². The van der Waals surface area contributed by atoms with Crippen molar-refractivity contribution < 1.29 is 9.53 Å². The Hall–Kier alpha value is -1.88. The normalized spacial score (nSPS) is 12.6. The largest absolute Gasteiger partial charge is 0.469 e. The summed E-state index contributed by atoms with van der Waals surface area (Å²) in [6, 6.07) is 5.60. The molecule has 0 saturated carbocycles. The first-order valence-electron chi connectivity index (χ1n) is 5.47. The molecule has 2 aromatic rings. The molecule has 0 spiro atoms. The van der Waals surface area contributed by atoms with Crippen LogP contribution < -0.4 is 5.73 Å². The smallest absolute Gasteiger partial charge is 0.305 e. The van der Waals surface area contributed by atoms with Crippen LogP contribution in [0.5, 0.6) is 0 Å². The van der Waals surface area contributed by atoms with E-state index in [0.29, 0.717) is 12.8 Å². The minimum atomic E-state index is -0.239. The third-order valence-corrected chi connectivity index (χ3v) is 2.74. The van der Waals surface area contributed by atoms with E-state index in [0.717, 1.165) is 11.1 Å². The van der Waals surface area contributed by atoms with Crippen molar-refractivity contribution in [1.29, 1.82) is 0 Å². The molecule has 5 nitrogen and oxygen atoms in total. The van der Waals surface area contributed by atoms with E-state index in [1.165, 1.54) is 7.11 Å². The van der Waals surface area contributed by atoms with Gasteiger partial charge in [0, 0.05) is 24.2 Å². The average molecular weight is 233 g/mol. The number of methoxy groups -OCH3 is 1. The highest BCUT2D eigenvalue weighted by Crippen LogP contribution is 2.20. The number of ether oxygens (including phenoxy) is 1. The topological polar surface area (TPSA) is 69.6 Å². The molecule has 90 valence electrons. The molecule has 0 radical (unpaired) electrons. The van der Waals surface area contributed by atoms with Crippen molar-refractivity contribution in [3.63, 3.8) is 0 Å². The first-order valence-corrected chi connectivity index (χ1v) is 5.47. The van der Waals surface area contributed by atoms with Crippen molar-refractivity contribution in [3.8, 4) is 0 Å². The minimum absolute atomic E-state index is 0.200. The third kappa shape index (κ3) is 2.45. The van der Waals surface area contributed by atoms with E-state index in [1.54, 1.807) is 10.7 Å². The van der Waals surface area contributed by atoms with Crippen molar-refractivity contribution in [3.05, 3.63) is 36.2 Å². The average Bonchev–Trinajstić information content (AvgIpc) is 2.79. The zero-order chi connectivity index (χ0) is 12.3. The molecule has 2 heterocycles. The fourth-order valence-electron chi connectivity index (χ4n) is 1.77. The second kappa shape index (κ2) is 4.97. The highest BCUT2D eigenvalue weighted by Gasteiger charge is 2.13. The van der Waals surface area contributed by atoms with Crippen molar-refractivity contribution in [2.24, 2.45) is 5.73 Å². The lowest BCUT2D eigenvalue weighted by Gasteiger charge is -2.09. The number of rotatable bonds is 4. The van der Waals surface area contributed by atoms with Crippen LogP contribution in [0.3, 0.4) is 0 Å². The molecule has 1 atom stereocenters. The number of nitrogens with zero attached hydrogens (tertiary/aromatic N) is 2. The second-order valence-electron chi connectivity index (χ2n) is 3.85. The monoisotopic (exact) mass is 233 g/mol. The molecule has 5 heteroatoms. The maximum Gasteiger partial charge on any atom is 0.305 e. The summed E-state index contributed by atoms with van der Waals surface area (Å²) in [4.78, 5) is 11.1. The van der Waals surface area contributed by atoms with Crippen LogP contribution in [0.15, 0.2) is 30.6 Å². The number of hydrogen-bond donors (Lipinski definition) is 1. The van der Waals surface area contributed by atoms with Crippen LogP contribution in [0.4, 0.5) is 0 Å². The molecule has 17 heavy (non-hydrogen) atoms. The van der Waals surface area contributed by atoms with Gasteiger partial charge in [-0.1, -0.05) is 6.07 Å². The van der Waals surface area contributed by atoms with Gasteiger partial charge in [0.2, 0.25) is 0 Å². The summed E-state index contributed by atoms with van der Waals surface area (Å²) in [6.07, 6.45) is 4.49. The lowest BCUT2D eigenvalue weighted by molar-refractivity contribution is -0.140. The number of pyridine rings is 1. The summed E-state index contributed by atoms with van der Waals surface area (Å²) in [6.45, 7) is 0. The molecular formula is C12H15N3O2. The Morgan fingerprint density at radius 3 is 3.18 bits per heavy atom. The van der Waals surface area contributed by atoms with Crippen LogP contribution in [0.25, 0.3) is 5.52 Å². The summed E-state index contributed by atoms with van der Waals surface area (Å²) in [5.74, 6) is -0.239. The second-order valence-corrected chi connectivity index (χ2v) is 3.85. The number of aromatic nitrogens is 2. The van der Waals surface area contributed by atoms with E-state index in [2.05, 4.69) is 9.84 Å². The molecule has 0 aliphatic carbocycles. The zero-order valence-electron chi connectivity index (χ0n) is 9.67. The molecule has 2 rings (SSSR count). The first-order chi connectivity index (χ1) is 8.22. The molecule has 0 amide bonds. The Kier molecular flexibility index (Phi) is 3.39. The molecular weight excluding hydrogens is 218 g/mol. The predicted octanol–water partition coefficient (Wildman–Crippen LogP) is 1.29. The fourth-order valence-corrected chi connectivity index (χ4v) is 1.77. The quantitative estimate of drug-likeness (QED) is 0.808. The fraction of sp³-hybridized carbons (Fsp3) is 0.333. The lowest BCUT2D eigenvalue weighted by Crippen LogP contribution is -2.12. The van der Waals surface area contributed by atoms with Crippen LogP contribution in [0.1, 0.15) is 24.4 Å². The van der Waals surface area contributed by atoms with Gasteiger partial charge in [0.1, 0.15) is 0 Å². The Balaban J connectivity index is 2.13. The molecule has 2 aromatic heterocycles. The number of hydrogen-bond acceptors (Lipinski definition) is 4. The van der Waals surface area contributed by atoms with E-state index in [-0.39, 0.29) is 12.0 Å². The third-order valence-electron chi connectivity index (χ3n) is 2.74. The number of carbonyl (C=O) groups excluding carboxylic acids is 1. The summed E-state index contributed by atoms with van der Waals surface area (Å²) in [5, 5.41) is 4.21. The highest BCUT2D eigenvalue weighted by molar-refractivity contribution is 5.69. The number of nitrogens with two attached hydrogens (primary N) is 1. The highest BCUT2D eigenvalue weighted by atomic mass is 16.5. The maximum absolute atomic E-state index is 11.1. The van der Waals surface area contributed by atoms with E-state index in [1.807, 2.05) is 24.4 Å². The van der Waals surface area contributed by atoms with Gasteiger partial charge < -0.3 is 10.5 Å². The summed E-state index contributed by atoms with van der Waals surface area (Å²) >= 11 is 0. The van der Waals surface area contributed by atoms with E-state index >= 15 is 0 Å². The van der Waals surface area contributed by atoms with Gasteiger partial charge in [-0.25, -0.2) is 4.52 Å². The van der Waals surface area contributed by atoms with Gasteiger partial charge in [-0.3, -0.25) is 4.79 Å². The molecule has 2 N–H and O–H groups in total. The van der Waals surface area contributed by atoms with E-state index in [9.17, 15) is 4.79 Å². The Morgan fingerprint density at radius 2 is 2.41 bits per heavy atom. The SMILES string of the molecule is COC(=O)CCC(N)c1cnn2ccccc12. The van der Waals surface area contributed by atoms with Gasteiger partial charge >= 0.3 is 5.97 Å². The van der Waals surface area contributed by atoms with Crippen LogP contribution in [0.2, 0.25) is 0 Å². The summed E-state index contributed by atoms with van der Waals surface area (Å²) in [5.41, 5.74) is 7.98. The van der Waals surface area contributed by atoms with E-state index in [4.69, 9.17) is 5.73 Å². The van der Waals surface area contributed by atoms with Gasteiger partial charge in [-0.05, 0) is 18.6 Å². The van der Waals surface area contributed by atoms with Crippen LogP contribution >= 0.6 is 0 Å². The molecule has 1 unspecified atom stereocenters. The molecule has 0 fully saturated rings. The molecule has 0 aromatic carbocycles. The molecule has 0 saturated heterocycles.